The van der Waals surface area contributed by atoms with Crippen molar-refractivity contribution < 1.29 is 0 Å². The van der Waals surface area contributed by atoms with Crippen molar-refractivity contribution in [1.29, 1.82) is 0 Å². The lowest BCUT2D eigenvalue weighted by Crippen LogP contribution is -2.08. The zero-order valence-corrected chi connectivity index (χ0v) is 30.2. The summed E-state index contributed by atoms with van der Waals surface area (Å²) in [7, 11) is 0. The third-order valence-corrected chi connectivity index (χ3v) is 7.26. The van der Waals surface area contributed by atoms with Crippen molar-refractivity contribution in [3.63, 3.8) is 0 Å². The standard InChI is InChI=1S/C9H15NS.C8H14N2.C8H13NS.C7H12N2S/c1-7-10-6-8(11-7)5-9(2,3)4;1-8(2,3)4-7-5-9-10-6-7;1-8(2,3)6-7-4-5-9-10-7;1-7(2,3)4-6-8-5-9-10-6/h6H,5H2,1-4H3;5-6H,4H2,1-3H3,(H,9,10);4-5H,6H2,1-3H3;5H,4H2,1-3H3. The van der Waals surface area contributed by atoms with Gasteiger partial charge in [0.1, 0.15) is 11.3 Å². The van der Waals surface area contributed by atoms with Crippen molar-refractivity contribution in [2.45, 2.75) is 116 Å². The van der Waals surface area contributed by atoms with E-state index in [0.717, 1.165) is 30.7 Å². The van der Waals surface area contributed by atoms with E-state index in [9.17, 15) is 0 Å². The second kappa shape index (κ2) is 16.6. The number of aromatic amines is 1. The number of aryl methyl sites for hydroxylation is 1. The summed E-state index contributed by atoms with van der Waals surface area (Å²) in [5, 5.41) is 8.99. The third kappa shape index (κ3) is 21.4. The molecule has 0 aromatic carbocycles. The number of nitrogens with one attached hydrogen (secondary N) is 1. The zero-order valence-electron chi connectivity index (χ0n) is 27.8. The average molecular weight is 619 g/mol. The van der Waals surface area contributed by atoms with Crippen LogP contribution in [0.15, 0.2) is 37.2 Å². The topological polar surface area (TPSA) is 80.2 Å². The minimum atomic E-state index is 0.333. The third-order valence-electron chi connectivity index (χ3n) is 4.95. The Morgan fingerprint density at radius 3 is 1.63 bits per heavy atom. The van der Waals surface area contributed by atoms with E-state index < -0.39 is 0 Å². The summed E-state index contributed by atoms with van der Waals surface area (Å²) in [5.41, 5.74) is 2.77. The Bertz CT molecular complexity index is 1060. The molecule has 0 aliphatic carbocycles. The van der Waals surface area contributed by atoms with Crippen LogP contribution in [0.1, 0.15) is 108 Å². The maximum absolute atomic E-state index is 4.22. The molecular weight excluding hydrogens is 565 g/mol. The van der Waals surface area contributed by atoms with Crippen molar-refractivity contribution in [3.8, 4) is 0 Å². The van der Waals surface area contributed by atoms with Gasteiger partial charge in [0, 0.05) is 34.8 Å². The minimum Gasteiger partial charge on any atom is -0.285 e. The van der Waals surface area contributed by atoms with E-state index in [1.807, 2.05) is 24.8 Å². The molecule has 230 valence electrons. The molecule has 0 saturated carbocycles. The Morgan fingerprint density at radius 1 is 0.659 bits per heavy atom. The first kappa shape index (κ1) is 37.1. The average Bonchev–Trinajstić information content (AvgIpc) is 3.56. The van der Waals surface area contributed by atoms with Crippen LogP contribution in [0.25, 0.3) is 0 Å². The molecule has 0 bridgehead atoms. The number of rotatable bonds is 4. The second-order valence-corrected chi connectivity index (χ2v) is 18.3. The molecule has 0 amide bonds. The van der Waals surface area contributed by atoms with Gasteiger partial charge < -0.3 is 0 Å². The van der Waals surface area contributed by atoms with Crippen molar-refractivity contribution >= 4 is 34.4 Å². The number of aromatic nitrogens is 6. The molecule has 0 aliphatic rings. The lowest BCUT2D eigenvalue weighted by molar-refractivity contribution is 0.410. The Hall–Kier alpha value is -1.97. The molecule has 4 aromatic rings. The highest BCUT2D eigenvalue weighted by atomic mass is 32.1. The molecule has 1 N–H and O–H groups in total. The van der Waals surface area contributed by atoms with Gasteiger partial charge in [0.25, 0.3) is 0 Å². The largest absolute Gasteiger partial charge is 0.285 e. The SMILES string of the molecule is CC(C)(C)Cc1ccns1.CC(C)(C)Cc1cn[nH]c1.CC(C)(C)Cc1ncns1.Cc1ncc(CC(C)(C)C)s1. The predicted molar refractivity (Wildman–Crippen MR) is 180 cm³/mol. The molecular formula is C32H54N6S3. The fourth-order valence-electron chi connectivity index (χ4n) is 3.58. The molecule has 0 saturated heterocycles. The summed E-state index contributed by atoms with van der Waals surface area (Å²) < 4.78 is 7.98. The molecule has 4 heterocycles. The monoisotopic (exact) mass is 618 g/mol. The zero-order chi connectivity index (χ0) is 31.3. The summed E-state index contributed by atoms with van der Waals surface area (Å²) in [6.07, 6.45) is 13.7. The van der Waals surface area contributed by atoms with Gasteiger partial charge in [-0.3, -0.25) is 5.10 Å². The van der Waals surface area contributed by atoms with Crippen molar-refractivity contribution in [3.05, 3.63) is 62.5 Å². The van der Waals surface area contributed by atoms with E-state index in [-0.39, 0.29) is 0 Å². The van der Waals surface area contributed by atoms with E-state index >= 15 is 0 Å². The molecule has 0 radical (unpaired) electrons. The highest BCUT2D eigenvalue weighted by molar-refractivity contribution is 7.11. The summed E-state index contributed by atoms with van der Waals surface area (Å²) in [4.78, 5) is 11.1. The van der Waals surface area contributed by atoms with Crippen LogP contribution in [-0.2, 0) is 25.7 Å². The van der Waals surface area contributed by atoms with Gasteiger partial charge in [0.2, 0.25) is 0 Å². The lowest BCUT2D eigenvalue weighted by atomic mass is 9.89. The van der Waals surface area contributed by atoms with Gasteiger partial charge >= 0.3 is 0 Å². The maximum Gasteiger partial charge on any atom is 0.129 e. The highest BCUT2D eigenvalue weighted by Gasteiger charge is 2.14. The van der Waals surface area contributed by atoms with Gasteiger partial charge in [-0.15, -0.1) is 11.3 Å². The first-order chi connectivity index (χ1) is 18.7. The van der Waals surface area contributed by atoms with Crippen molar-refractivity contribution in [1.82, 2.24) is 28.9 Å². The number of thiazole rings is 1. The fourth-order valence-corrected chi connectivity index (χ4v) is 6.36. The molecule has 41 heavy (non-hydrogen) atoms. The second-order valence-electron chi connectivity index (χ2n) is 15.2. The fraction of sp³-hybridized carbons (Fsp3) is 0.656. The molecule has 9 heteroatoms. The van der Waals surface area contributed by atoms with E-state index in [1.165, 1.54) is 31.9 Å². The molecule has 0 fully saturated rings. The van der Waals surface area contributed by atoms with Crippen LogP contribution >= 0.6 is 34.4 Å². The van der Waals surface area contributed by atoms with Crippen LogP contribution in [0.5, 0.6) is 0 Å². The summed E-state index contributed by atoms with van der Waals surface area (Å²) in [6, 6.07) is 2.09. The summed E-state index contributed by atoms with van der Waals surface area (Å²) >= 11 is 4.89. The number of hydrogen-bond acceptors (Lipinski definition) is 8. The molecule has 0 aliphatic heterocycles. The van der Waals surface area contributed by atoms with Crippen LogP contribution < -0.4 is 0 Å². The smallest absolute Gasteiger partial charge is 0.129 e. The maximum atomic E-state index is 4.22. The molecule has 0 unspecified atom stereocenters. The van der Waals surface area contributed by atoms with Gasteiger partial charge in [0.15, 0.2) is 0 Å². The normalized spacial score (nSPS) is 11.9. The Kier molecular flexibility index (Phi) is 15.0. The van der Waals surface area contributed by atoms with Crippen LogP contribution in [0, 0.1) is 28.6 Å². The van der Waals surface area contributed by atoms with E-state index in [0.29, 0.717) is 21.7 Å². The Morgan fingerprint density at radius 2 is 1.24 bits per heavy atom. The lowest BCUT2D eigenvalue weighted by Gasteiger charge is -2.15. The first-order valence-corrected chi connectivity index (χ1v) is 16.6. The molecule has 0 spiro atoms. The van der Waals surface area contributed by atoms with E-state index in [1.54, 1.807) is 29.2 Å². The van der Waals surface area contributed by atoms with E-state index in [2.05, 4.69) is 125 Å². The molecule has 6 nitrogen and oxygen atoms in total. The number of H-pyrrole nitrogens is 1. The predicted octanol–water partition coefficient (Wildman–Crippen LogP) is 9.90. The van der Waals surface area contributed by atoms with Gasteiger partial charge in [-0.25, -0.2) is 14.3 Å². The van der Waals surface area contributed by atoms with Crippen LogP contribution in [0.3, 0.4) is 0 Å². The van der Waals surface area contributed by atoms with Crippen molar-refractivity contribution in [2.75, 3.05) is 0 Å². The highest BCUT2D eigenvalue weighted by Crippen LogP contribution is 2.24. The van der Waals surface area contributed by atoms with Crippen LogP contribution in [0.4, 0.5) is 0 Å². The summed E-state index contributed by atoms with van der Waals surface area (Å²) in [5.74, 6) is 0. The van der Waals surface area contributed by atoms with E-state index in [4.69, 9.17) is 0 Å². The van der Waals surface area contributed by atoms with Gasteiger partial charge in [-0.1, -0.05) is 83.1 Å². The van der Waals surface area contributed by atoms with Gasteiger partial charge in [-0.2, -0.15) is 9.47 Å². The van der Waals surface area contributed by atoms with Gasteiger partial charge in [-0.05, 0) is 82.5 Å². The number of hydrogen-bond donors (Lipinski definition) is 1. The van der Waals surface area contributed by atoms with Gasteiger partial charge in [0.05, 0.1) is 11.2 Å². The van der Waals surface area contributed by atoms with Crippen molar-refractivity contribution in [2.24, 2.45) is 21.7 Å². The summed E-state index contributed by atoms with van der Waals surface area (Å²) in [6.45, 7) is 28.8. The Labute approximate surface area is 262 Å². The minimum absolute atomic E-state index is 0.333. The van der Waals surface area contributed by atoms with Crippen LogP contribution in [0.2, 0.25) is 0 Å². The Balaban J connectivity index is 0.000000274. The first-order valence-electron chi connectivity index (χ1n) is 14.2. The van der Waals surface area contributed by atoms with Crippen LogP contribution in [-0.4, -0.2) is 28.9 Å². The molecule has 4 aromatic heterocycles. The molecule has 0 atom stereocenters. The number of nitrogens with zero attached hydrogens (tertiary/aromatic N) is 5. The molecule has 4 rings (SSSR count). The quantitative estimate of drug-likeness (QED) is 0.246.